The van der Waals surface area contributed by atoms with E-state index in [-0.39, 0.29) is 36.1 Å². The third kappa shape index (κ3) is 5.33. The van der Waals surface area contributed by atoms with Crippen LogP contribution >= 0.6 is 0 Å². The molecule has 32 heavy (non-hydrogen) atoms. The molecule has 1 aliphatic heterocycles. The third-order valence-electron chi connectivity index (χ3n) is 8.44. The highest BCUT2D eigenvalue weighted by atomic mass is 32.2. The van der Waals surface area contributed by atoms with Crippen LogP contribution in [0.25, 0.3) is 0 Å². The number of hydrogen-bond donors (Lipinski definition) is 1. The van der Waals surface area contributed by atoms with Gasteiger partial charge in [0.25, 0.3) is 0 Å². The molecule has 184 valence electrons. The molecule has 3 unspecified atom stereocenters. The highest BCUT2D eigenvalue weighted by Gasteiger charge is 2.47. The van der Waals surface area contributed by atoms with Crippen molar-refractivity contribution in [3.05, 3.63) is 0 Å². The van der Waals surface area contributed by atoms with Gasteiger partial charge in [-0.05, 0) is 70.6 Å². The van der Waals surface area contributed by atoms with E-state index in [0.717, 1.165) is 25.7 Å². The predicted molar refractivity (Wildman–Crippen MR) is 122 cm³/mol. The average Bonchev–Trinajstić information content (AvgIpc) is 2.79. The molecular weight excluding hydrogens is 431 g/mol. The molecule has 5 atom stereocenters. The van der Waals surface area contributed by atoms with Gasteiger partial charge in [-0.3, -0.25) is 4.79 Å². The predicted octanol–water partition coefficient (Wildman–Crippen LogP) is 3.94. The minimum Gasteiger partial charge on any atom is -0.372 e. The largest absolute Gasteiger partial charge is 0.372 e. The van der Waals surface area contributed by atoms with Crippen molar-refractivity contribution in [3.63, 3.8) is 0 Å². The van der Waals surface area contributed by atoms with Crippen molar-refractivity contribution in [2.45, 2.75) is 127 Å². The maximum atomic E-state index is 13.6. The molecule has 1 N–H and O–H groups in total. The van der Waals surface area contributed by atoms with Crippen LogP contribution in [0, 0.1) is 11.8 Å². The van der Waals surface area contributed by atoms with E-state index >= 15 is 0 Å². The molecule has 0 bridgehead atoms. The number of carbonyl (C=O) groups excluding carboxylic acids is 1. The van der Waals surface area contributed by atoms with E-state index in [2.05, 4.69) is 5.32 Å². The number of sulfonamides is 1. The first kappa shape index (κ1) is 24.4. The van der Waals surface area contributed by atoms with Gasteiger partial charge < -0.3 is 10.1 Å². The van der Waals surface area contributed by atoms with Gasteiger partial charge in [0.15, 0.2) is 0 Å². The number of rotatable bonds is 5. The first-order valence-electron chi connectivity index (χ1n) is 12.9. The van der Waals surface area contributed by atoms with Crippen molar-refractivity contribution in [2.75, 3.05) is 6.54 Å². The number of hydrogen-bond acceptors (Lipinski definition) is 4. The first-order valence-corrected chi connectivity index (χ1v) is 14.4. The Labute approximate surface area is 193 Å². The number of nitrogens with one attached hydrogen (secondary N) is 1. The number of amides is 1. The SMILES string of the molecule is C[C@H](C(=O)NC1CCC2O[C@@H](C)CN(S(=O)(=O)C3CCC(F)CC3)C2C1)C1CCCCC1. The maximum absolute atomic E-state index is 13.6. The second-order valence-corrected chi connectivity index (χ2v) is 12.9. The van der Waals surface area contributed by atoms with Crippen LogP contribution < -0.4 is 5.32 Å². The molecule has 3 aliphatic carbocycles. The normalized spacial score (nSPS) is 38.6. The maximum Gasteiger partial charge on any atom is 0.223 e. The van der Waals surface area contributed by atoms with Crippen LogP contribution in [0.4, 0.5) is 4.39 Å². The molecule has 3 saturated carbocycles. The van der Waals surface area contributed by atoms with Crippen LogP contribution in [-0.2, 0) is 19.6 Å². The van der Waals surface area contributed by atoms with Crippen molar-refractivity contribution in [3.8, 4) is 0 Å². The lowest BCUT2D eigenvalue weighted by Crippen LogP contribution is -2.62. The number of halogens is 1. The summed E-state index contributed by atoms with van der Waals surface area (Å²) < 4.78 is 48.5. The quantitative estimate of drug-likeness (QED) is 0.658. The van der Waals surface area contributed by atoms with Gasteiger partial charge in [0, 0.05) is 18.5 Å². The minimum atomic E-state index is -3.52. The number of carbonyl (C=O) groups is 1. The molecule has 1 amide bonds. The number of morpholine rings is 1. The first-order chi connectivity index (χ1) is 15.3. The number of fused-ring (bicyclic) bond motifs is 1. The summed E-state index contributed by atoms with van der Waals surface area (Å²) in [4.78, 5) is 13.0. The summed E-state index contributed by atoms with van der Waals surface area (Å²) in [5.74, 6) is 0.578. The van der Waals surface area contributed by atoms with Gasteiger partial charge in [-0.1, -0.05) is 26.2 Å². The third-order valence-corrected chi connectivity index (χ3v) is 10.8. The van der Waals surface area contributed by atoms with E-state index < -0.39 is 21.4 Å². The van der Waals surface area contributed by atoms with Crippen LogP contribution in [0.15, 0.2) is 0 Å². The van der Waals surface area contributed by atoms with Crippen LogP contribution in [0.5, 0.6) is 0 Å². The minimum absolute atomic E-state index is 0.00590. The zero-order valence-electron chi connectivity index (χ0n) is 19.7. The molecule has 4 rings (SSSR count). The van der Waals surface area contributed by atoms with Gasteiger partial charge in [0.2, 0.25) is 15.9 Å². The Morgan fingerprint density at radius 2 is 1.72 bits per heavy atom. The summed E-state index contributed by atoms with van der Waals surface area (Å²) in [7, 11) is -3.52. The van der Waals surface area contributed by atoms with Crippen LogP contribution in [0.1, 0.15) is 90.9 Å². The van der Waals surface area contributed by atoms with Crippen molar-refractivity contribution in [1.29, 1.82) is 0 Å². The molecule has 1 heterocycles. The summed E-state index contributed by atoms with van der Waals surface area (Å²) in [6.45, 7) is 4.31. The summed E-state index contributed by atoms with van der Waals surface area (Å²) in [6.07, 6.45) is 8.40. The molecular formula is C24H41FN2O4S. The van der Waals surface area contributed by atoms with Gasteiger partial charge in [0.1, 0.15) is 6.17 Å². The van der Waals surface area contributed by atoms with E-state index in [0.29, 0.717) is 44.6 Å². The van der Waals surface area contributed by atoms with E-state index in [4.69, 9.17) is 4.74 Å². The summed E-state index contributed by atoms with van der Waals surface area (Å²) >= 11 is 0. The fourth-order valence-corrected chi connectivity index (χ4v) is 8.69. The van der Waals surface area contributed by atoms with Gasteiger partial charge >= 0.3 is 0 Å². The molecule has 0 aromatic heterocycles. The Bertz CT molecular complexity index is 749. The van der Waals surface area contributed by atoms with E-state index in [1.165, 1.54) is 19.3 Å². The molecule has 8 heteroatoms. The highest BCUT2D eigenvalue weighted by molar-refractivity contribution is 7.89. The molecule has 0 spiro atoms. The lowest BCUT2D eigenvalue weighted by Gasteiger charge is -2.48. The molecule has 6 nitrogen and oxygen atoms in total. The van der Waals surface area contributed by atoms with E-state index in [1.807, 2.05) is 13.8 Å². The van der Waals surface area contributed by atoms with Gasteiger partial charge in [-0.15, -0.1) is 0 Å². The zero-order valence-corrected chi connectivity index (χ0v) is 20.5. The van der Waals surface area contributed by atoms with Crippen molar-refractivity contribution >= 4 is 15.9 Å². The van der Waals surface area contributed by atoms with Crippen LogP contribution in [0.2, 0.25) is 0 Å². The standard InChI is InChI=1S/C24H41FN2O4S/c1-16-15-27(32(29,30)21-11-8-19(25)9-12-21)22-14-20(10-13-23(22)31-16)26-24(28)17(2)18-6-4-3-5-7-18/h16-23H,3-15H2,1-2H3,(H,26,28)/t16-,17-,19?,20?,21?,22?,23?/m0/s1. The molecule has 1 saturated heterocycles. The Morgan fingerprint density at radius 1 is 1.03 bits per heavy atom. The Morgan fingerprint density at radius 3 is 2.41 bits per heavy atom. The lowest BCUT2D eigenvalue weighted by atomic mass is 9.80. The Kier molecular flexibility index (Phi) is 7.82. The number of nitrogens with zero attached hydrogens (tertiary/aromatic N) is 1. The summed E-state index contributed by atoms with van der Waals surface area (Å²) in [5.41, 5.74) is 0. The molecule has 0 aromatic rings. The van der Waals surface area contributed by atoms with Gasteiger partial charge in [0.05, 0.1) is 23.5 Å². The van der Waals surface area contributed by atoms with Crippen molar-refractivity contribution in [2.24, 2.45) is 11.8 Å². The molecule has 4 fully saturated rings. The Hall–Kier alpha value is -0.730. The van der Waals surface area contributed by atoms with Gasteiger partial charge in [-0.25, -0.2) is 12.8 Å². The number of alkyl halides is 1. The average molecular weight is 473 g/mol. The van der Waals surface area contributed by atoms with Crippen LogP contribution in [-0.4, -0.2) is 60.9 Å². The zero-order chi connectivity index (χ0) is 22.9. The smallest absolute Gasteiger partial charge is 0.223 e. The highest BCUT2D eigenvalue weighted by Crippen LogP contribution is 2.37. The lowest BCUT2D eigenvalue weighted by molar-refractivity contribution is -0.130. The molecule has 0 aromatic carbocycles. The topological polar surface area (TPSA) is 75.7 Å². The monoisotopic (exact) mass is 472 g/mol. The summed E-state index contributed by atoms with van der Waals surface area (Å²) in [6, 6.07) is -0.269. The molecule has 0 radical (unpaired) electrons. The van der Waals surface area contributed by atoms with Crippen molar-refractivity contribution in [1.82, 2.24) is 9.62 Å². The fourth-order valence-electron chi connectivity index (χ4n) is 6.43. The molecule has 4 aliphatic rings. The summed E-state index contributed by atoms with van der Waals surface area (Å²) in [5, 5.41) is 2.75. The second kappa shape index (κ2) is 10.3. The Balaban J connectivity index is 1.42. The second-order valence-electron chi connectivity index (χ2n) is 10.7. The van der Waals surface area contributed by atoms with Gasteiger partial charge in [-0.2, -0.15) is 4.31 Å². The number of ether oxygens (including phenoxy) is 1. The van der Waals surface area contributed by atoms with Crippen LogP contribution in [0.3, 0.4) is 0 Å². The van der Waals surface area contributed by atoms with Crippen molar-refractivity contribution < 1.29 is 22.3 Å². The fraction of sp³-hybridized carbons (Fsp3) is 0.958. The van der Waals surface area contributed by atoms with E-state index in [9.17, 15) is 17.6 Å². The van der Waals surface area contributed by atoms with E-state index in [1.54, 1.807) is 4.31 Å².